The topological polar surface area (TPSA) is 75.5 Å². The zero-order valence-electron chi connectivity index (χ0n) is 35.2. The molecule has 0 amide bonds. The molecule has 0 fully saturated rings. The van der Waals surface area contributed by atoms with Gasteiger partial charge in [-0.05, 0) is 64.9 Å². The van der Waals surface area contributed by atoms with Crippen molar-refractivity contribution < 1.29 is 4.42 Å². The van der Waals surface area contributed by atoms with Crippen LogP contribution in [0.15, 0.2) is 205 Å². The maximum absolute atomic E-state index is 12.2. The van der Waals surface area contributed by atoms with Crippen molar-refractivity contribution in [2.45, 2.75) is 0 Å². The zero-order chi connectivity index (χ0) is 43.6. The van der Waals surface area contributed by atoms with Crippen molar-refractivity contribution in [3.8, 4) is 40.3 Å². The summed E-state index contributed by atoms with van der Waals surface area (Å²) in [5, 5.41) is 34.7. The lowest BCUT2D eigenvalue weighted by Gasteiger charge is -2.26. The molecule has 0 radical (unpaired) electrons. The zero-order valence-corrected chi connectivity index (χ0v) is 35.2. The molecule has 14 rings (SSSR count). The fraction of sp³-hybridized carbons (Fsp3) is 0. The van der Waals surface area contributed by atoms with Crippen LogP contribution in [0.1, 0.15) is 11.1 Å². The van der Waals surface area contributed by atoms with Crippen LogP contribution in [0.2, 0.25) is 0 Å². The molecule has 304 valence electrons. The molecule has 0 unspecified atom stereocenters. The van der Waals surface area contributed by atoms with E-state index in [0.29, 0.717) is 33.8 Å². The van der Waals surface area contributed by atoms with Crippen molar-refractivity contribution in [2.24, 2.45) is 0 Å². The van der Waals surface area contributed by atoms with Gasteiger partial charge < -0.3 is 18.1 Å². The summed E-state index contributed by atoms with van der Waals surface area (Å²) in [4.78, 5) is 0. The smallest absolute Gasteiger partial charge is 0.160 e. The lowest BCUT2D eigenvalue weighted by Crippen LogP contribution is -2.14. The van der Waals surface area contributed by atoms with Gasteiger partial charge in [-0.15, -0.1) is 0 Å². The van der Waals surface area contributed by atoms with Crippen LogP contribution >= 0.6 is 0 Å². The molecule has 10 aromatic carbocycles. The first-order chi connectivity index (χ1) is 32.7. The number of furan rings is 1. The van der Waals surface area contributed by atoms with Gasteiger partial charge >= 0.3 is 0 Å². The van der Waals surface area contributed by atoms with Gasteiger partial charge in [0.2, 0.25) is 0 Å². The van der Waals surface area contributed by atoms with E-state index in [1.807, 2.05) is 30.3 Å². The summed E-state index contributed by atoms with van der Waals surface area (Å²) in [5.74, 6) is 0. The molecule has 14 aromatic rings. The van der Waals surface area contributed by atoms with Crippen molar-refractivity contribution in [1.82, 2.24) is 13.7 Å². The Balaban J connectivity index is 1.31. The number of rotatable bonds is 4. The standard InChI is InChI=1S/C60H33N5O/c61-34-47-56(65-53-27-13-7-21-43(53)45-31-32-46-44-22-8-14-28-54(44)66-60(46)59(45)65)48(35-62)58(64-51-25-11-5-19-41(51)42-20-6-12-26-52(42)64)55(38-30-29-36-15-1-2-16-37(36)33-38)57(47)63-49-23-9-3-17-39(49)40-18-4-10-24-50(40)63/h1-33H. The molecule has 4 aromatic heterocycles. The van der Waals surface area contributed by atoms with Crippen LogP contribution in [0, 0.1) is 22.7 Å². The van der Waals surface area contributed by atoms with Crippen LogP contribution in [0.25, 0.3) is 126 Å². The Labute approximate surface area is 376 Å². The van der Waals surface area contributed by atoms with E-state index in [4.69, 9.17) is 4.42 Å². The summed E-state index contributed by atoms with van der Waals surface area (Å²) in [6, 6.07) is 74.8. The number of hydrogen-bond acceptors (Lipinski definition) is 3. The lowest BCUT2D eigenvalue weighted by molar-refractivity contribution is 0.671. The highest BCUT2D eigenvalue weighted by molar-refractivity contribution is 6.22. The predicted molar refractivity (Wildman–Crippen MR) is 269 cm³/mol. The second-order valence-electron chi connectivity index (χ2n) is 17.0. The van der Waals surface area contributed by atoms with Crippen LogP contribution in [0.5, 0.6) is 0 Å². The Morgan fingerprint density at radius 2 is 0.773 bits per heavy atom. The molecule has 0 spiro atoms. The Morgan fingerprint density at radius 3 is 1.30 bits per heavy atom. The van der Waals surface area contributed by atoms with E-state index in [1.165, 1.54) is 0 Å². The molecule has 6 heteroatoms. The molecule has 4 heterocycles. The molecule has 0 saturated heterocycles. The predicted octanol–water partition coefficient (Wildman–Crippen LogP) is 15.4. The second kappa shape index (κ2) is 13.6. The van der Waals surface area contributed by atoms with Crippen LogP contribution in [0.3, 0.4) is 0 Å². The second-order valence-corrected chi connectivity index (χ2v) is 17.0. The first-order valence-electron chi connectivity index (χ1n) is 22.1. The van der Waals surface area contributed by atoms with E-state index in [9.17, 15) is 10.5 Å². The Kier molecular flexibility index (Phi) is 7.43. The van der Waals surface area contributed by atoms with E-state index < -0.39 is 0 Å². The molecule has 0 aliphatic heterocycles. The van der Waals surface area contributed by atoms with Crippen LogP contribution in [-0.2, 0) is 0 Å². The van der Waals surface area contributed by atoms with E-state index in [-0.39, 0.29) is 0 Å². The minimum absolute atomic E-state index is 0.362. The summed E-state index contributed by atoms with van der Waals surface area (Å²) in [7, 11) is 0. The van der Waals surface area contributed by atoms with Gasteiger partial charge in [-0.25, -0.2) is 0 Å². The highest BCUT2D eigenvalue weighted by Crippen LogP contribution is 2.50. The molecule has 66 heavy (non-hydrogen) atoms. The highest BCUT2D eigenvalue weighted by Gasteiger charge is 2.33. The minimum Gasteiger partial charge on any atom is -0.454 e. The van der Waals surface area contributed by atoms with E-state index in [2.05, 4.69) is 196 Å². The average molecular weight is 840 g/mol. The molecule has 0 atom stereocenters. The number of para-hydroxylation sites is 6. The van der Waals surface area contributed by atoms with Gasteiger partial charge in [0.05, 0.1) is 50.2 Å². The Bertz CT molecular complexity index is 4240. The quantitative estimate of drug-likeness (QED) is 0.177. The maximum Gasteiger partial charge on any atom is 0.160 e. The van der Waals surface area contributed by atoms with Crippen molar-refractivity contribution in [3.05, 3.63) is 211 Å². The molecule has 6 nitrogen and oxygen atoms in total. The van der Waals surface area contributed by atoms with E-state index in [0.717, 1.165) is 104 Å². The van der Waals surface area contributed by atoms with Gasteiger partial charge in [0.25, 0.3) is 0 Å². The number of fused-ring (bicyclic) bond motifs is 14. The molecular formula is C60H33N5O. The summed E-state index contributed by atoms with van der Waals surface area (Å²) >= 11 is 0. The third-order valence-corrected chi connectivity index (χ3v) is 13.7. The van der Waals surface area contributed by atoms with E-state index in [1.54, 1.807) is 0 Å². The third-order valence-electron chi connectivity index (χ3n) is 13.7. The Hall–Kier alpha value is -9.36. The molecule has 0 bridgehead atoms. The number of benzene rings is 10. The average Bonchev–Trinajstić information content (AvgIpc) is 4.12. The summed E-state index contributed by atoms with van der Waals surface area (Å²) in [6.45, 7) is 0. The van der Waals surface area contributed by atoms with E-state index >= 15 is 0 Å². The van der Waals surface area contributed by atoms with Gasteiger partial charge in [-0.2, -0.15) is 10.5 Å². The highest BCUT2D eigenvalue weighted by atomic mass is 16.3. The van der Waals surface area contributed by atoms with Gasteiger partial charge in [0, 0.05) is 48.7 Å². The van der Waals surface area contributed by atoms with Crippen LogP contribution in [0.4, 0.5) is 0 Å². The SMILES string of the molecule is N#Cc1c(-n2c3ccccc3c3ccccc32)c(-c2ccc3ccccc3c2)c(-n2c3ccccc3c3ccccc32)c(C#N)c1-n1c2ccccc2c2ccc3c4ccccc4oc3c21. The van der Waals surface area contributed by atoms with Crippen molar-refractivity contribution in [2.75, 3.05) is 0 Å². The number of nitrogens with zero attached hydrogens (tertiary/aromatic N) is 5. The molecule has 0 saturated carbocycles. The van der Waals surface area contributed by atoms with Crippen molar-refractivity contribution >= 4 is 98.1 Å². The fourth-order valence-electron chi connectivity index (χ4n) is 11.0. The first-order valence-corrected chi connectivity index (χ1v) is 22.1. The van der Waals surface area contributed by atoms with Gasteiger partial charge in [-0.3, -0.25) is 0 Å². The van der Waals surface area contributed by atoms with Crippen LogP contribution < -0.4 is 0 Å². The molecule has 0 aliphatic rings. The minimum atomic E-state index is 0.362. The fourth-order valence-corrected chi connectivity index (χ4v) is 11.0. The van der Waals surface area contributed by atoms with Gasteiger partial charge in [0.15, 0.2) is 5.58 Å². The first kappa shape index (κ1) is 36.2. The number of nitriles is 2. The number of aromatic nitrogens is 3. The number of hydrogen-bond donors (Lipinski definition) is 0. The maximum atomic E-state index is 12.2. The van der Waals surface area contributed by atoms with Crippen molar-refractivity contribution in [1.29, 1.82) is 10.5 Å². The lowest BCUT2D eigenvalue weighted by atomic mass is 9.90. The molecule has 0 aliphatic carbocycles. The summed E-state index contributed by atoms with van der Waals surface area (Å²) in [6.07, 6.45) is 0. The Morgan fingerprint density at radius 1 is 0.348 bits per heavy atom. The van der Waals surface area contributed by atoms with Crippen molar-refractivity contribution in [3.63, 3.8) is 0 Å². The third kappa shape index (κ3) is 4.77. The van der Waals surface area contributed by atoms with Gasteiger partial charge in [0.1, 0.15) is 28.8 Å². The normalized spacial score (nSPS) is 11.9. The summed E-state index contributed by atoms with van der Waals surface area (Å²) in [5.41, 5.74) is 11.1. The summed E-state index contributed by atoms with van der Waals surface area (Å²) < 4.78 is 13.5. The largest absolute Gasteiger partial charge is 0.454 e. The van der Waals surface area contributed by atoms with Gasteiger partial charge in [-0.1, -0.05) is 152 Å². The monoisotopic (exact) mass is 839 g/mol. The molecule has 0 N–H and O–H groups in total. The molecular weight excluding hydrogens is 807 g/mol. The van der Waals surface area contributed by atoms with Crippen LogP contribution in [-0.4, -0.2) is 13.7 Å².